The molecule has 0 atom stereocenters. The average Bonchev–Trinajstić information content (AvgIpc) is 3.18. The van der Waals surface area contributed by atoms with Gasteiger partial charge in [-0.15, -0.1) is 0 Å². The van der Waals surface area contributed by atoms with Crippen LogP contribution in [0, 0.1) is 5.92 Å². The van der Waals surface area contributed by atoms with Crippen molar-refractivity contribution in [3.8, 4) is 0 Å². The summed E-state index contributed by atoms with van der Waals surface area (Å²) in [7, 11) is -3.23. The highest BCUT2D eigenvalue weighted by atomic mass is 32.2. The van der Waals surface area contributed by atoms with Gasteiger partial charge in [-0.2, -0.15) is 0 Å². The van der Waals surface area contributed by atoms with Crippen LogP contribution in [-0.4, -0.2) is 28.2 Å². The first-order chi connectivity index (χ1) is 9.16. The molecule has 0 aromatic heterocycles. The van der Waals surface area contributed by atoms with Crippen molar-refractivity contribution in [2.45, 2.75) is 25.0 Å². The van der Waals surface area contributed by atoms with Gasteiger partial charge in [0.2, 0.25) is 10.0 Å². The number of hydrogen-bond donors (Lipinski definition) is 1. The number of ether oxygens (including phenoxy) is 1. The average molecular weight is 283 g/mol. The molecule has 0 radical (unpaired) electrons. The minimum atomic E-state index is -3.23. The largest absolute Gasteiger partial charge is 0.381 e. The normalized spacial score (nSPS) is 15.6. The fraction of sp³-hybridized carbons (Fsp3) is 0.571. The quantitative estimate of drug-likeness (QED) is 0.704. The van der Waals surface area contributed by atoms with E-state index < -0.39 is 10.0 Å². The van der Waals surface area contributed by atoms with Crippen LogP contribution in [0.2, 0.25) is 0 Å². The molecule has 1 aliphatic carbocycles. The van der Waals surface area contributed by atoms with Crippen LogP contribution in [0.25, 0.3) is 0 Å². The molecule has 0 bridgehead atoms. The van der Waals surface area contributed by atoms with Gasteiger partial charge in [0.05, 0.1) is 5.75 Å². The topological polar surface area (TPSA) is 55.4 Å². The van der Waals surface area contributed by atoms with E-state index in [1.807, 2.05) is 30.3 Å². The van der Waals surface area contributed by atoms with Gasteiger partial charge in [-0.05, 0) is 30.7 Å². The van der Waals surface area contributed by atoms with E-state index in [9.17, 15) is 8.42 Å². The summed E-state index contributed by atoms with van der Waals surface area (Å²) in [5.74, 6) is 0.798. The van der Waals surface area contributed by atoms with Gasteiger partial charge in [0.1, 0.15) is 0 Å². The van der Waals surface area contributed by atoms with E-state index in [0.29, 0.717) is 13.2 Å². The molecular weight excluding hydrogens is 262 g/mol. The summed E-state index contributed by atoms with van der Waals surface area (Å²) >= 11 is 0. The molecule has 0 aliphatic heterocycles. The standard InChI is InChI=1S/C14H21NO3S/c16-19(17,12-14-5-2-1-3-6-14)15-9-4-10-18-11-13-7-8-13/h1-3,5-6,13,15H,4,7-12H2. The van der Waals surface area contributed by atoms with Crippen molar-refractivity contribution >= 4 is 10.0 Å². The number of benzene rings is 1. The lowest BCUT2D eigenvalue weighted by atomic mass is 10.2. The van der Waals surface area contributed by atoms with Gasteiger partial charge < -0.3 is 4.74 Å². The molecule has 1 aromatic carbocycles. The van der Waals surface area contributed by atoms with Crippen molar-refractivity contribution in [1.82, 2.24) is 4.72 Å². The highest BCUT2D eigenvalue weighted by Crippen LogP contribution is 2.28. The van der Waals surface area contributed by atoms with Gasteiger partial charge >= 0.3 is 0 Å². The predicted molar refractivity (Wildman–Crippen MR) is 75.2 cm³/mol. The van der Waals surface area contributed by atoms with Crippen molar-refractivity contribution < 1.29 is 13.2 Å². The molecule has 0 heterocycles. The van der Waals surface area contributed by atoms with Gasteiger partial charge in [0.15, 0.2) is 0 Å². The number of hydrogen-bond acceptors (Lipinski definition) is 3. The zero-order valence-corrected chi connectivity index (χ0v) is 11.9. The fourth-order valence-corrected chi connectivity index (χ4v) is 2.97. The first-order valence-corrected chi connectivity index (χ1v) is 8.40. The summed E-state index contributed by atoms with van der Waals surface area (Å²) in [6.45, 7) is 1.90. The highest BCUT2D eigenvalue weighted by molar-refractivity contribution is 7.88. The van der Waals surface area contributed by atoms with E-state index in [-0.39, 0.29) is 5.75 Å². The van der Waals surface area contributed by atoms with Crippen molar-refractivity contribution in [3.05, 3.63) is 35.9 Å². The maximum atomic E-state index is 11.8. The Balaban J connectivity index is 1.60. The molecular formula is C14H21NO3S. The SMILES string of the molecule is O=S(=O)(Cc1ccccc1)NCCCOCC1CC1. The van der Waals surface area contributed by atoms with Crippen molar-refractivity contribution in [3.63, 3.8) is 0 Å². The van der Waals surface area contributed by atoms with Crippen LogP contribution in [0.5, 0.6) is 0 Å². The fourth-order valence-electron chi connectivity index (χ4n) is 1.78. The van der Waals surface area contributed by atoms with Crippen LogP contribution in [0.15, 0.2) is 30.3 Å². The third-order valence-corrected chi connectivity index (χ3v) is 4.39. The van der Waals surface area contributed by atoms with E-state index in [2.05, 4.69) is 4.72 Å². The maximum Gasteiger partial charge on any atom is 0.215 e. The Labute approximate surface area is 115 Å². The van der Waals surface area contributed by atoms with Crippen LogP contribution in [0.3, 0.4) is 0 Å². The third-order valence-electron chi connectivity index (χ3n) is 3.04. The molecule has 1 N–H and O–H groups in total. The zero-order valence-electron chi connectivity index (χ0n) is 11.0. The molecule has 2 rings (SSSR count). The Bertz CT molecular complexity index is 469. The maximum absolute atomic E-state index is 11.8. The van der Waals surface area contributed by atoms with E-state index in [4.69, 9.17) is 4.74 Å². The summed E-state index contributed by atoms with van der Waals surface area (Å²) in [6, 6.07) is 9.20. The summed E-state index contributed by atoms with van der Waals surface area (Å²) in [5.41, 5.74) is 0.806. The van der Waals surface area contributed by atoms with E-state index in [1.54, 1.807) is 0 Å². The van der Waals surface area contributed by atoms with Gasteiger partial charge in [0, 0.05) is 19.8 Å². The monoisotopic (exact) mass is 283 g/mol. The molecule has 106 valence electrons. The number of sulfonamides is 1. The molecule has 4 nitrogen and oxygen atoms in total. The first-order valence-electron chi connectivity index (χ1n) is 6.75. The molecule has 0 spiro atoms. The Hall–Kier alpha value is -0.910. The Morgan fingerprint density at radius 1 is 1.21 bits per heavy atom. The Kier molecular flexibility index (Phi) is 5.36. The van der Waals surface area contributed by atoms with Crippen molar-refractivity contribution in [1.29, 1.82) is 0 Å². The molecule has 1 fully saturated rings. The van der Waals surface area contributed by atoms with Gasteiger partial charge in [-0.3, -0.25) is 0 Å². The molecule has 1 aliphatic rings. The van der Waals surface area contributed by atoms with Crippen LogP contribution < -0.4 is 4.72 Å². The molecule has 0 saturated heterocycles. The summed E-state index contributed by atoms with van der Waals surface area (Å²) in [6.07, 6.45) is 3.29. The molecule has 0 amide bonds. The summed E-state index contributed by atoms with van der Waals surface area (Å²) in [5, 5.41) is 0. The molecule has 19 heavy (non-hydrogen) atoms. The van der Waals surface area contributed by atoms with Crippen LogP contribution >= 0.6 is 0 Å². The van der Waals surface area contributed by atoms with Crippen LogP contribution in [0.1, 0.15) is 24.8 Å². The summed E-state index contributed by atoms with van der Waals surface area (Å²) < 4.78 is 31.7. The smallest absolute Gasteiger partial charge is 0.215 e. The second-order valence-electron chi connectivity index (χ2n) is 5.01. The first kappa shape index (κ1) is 14.5. The van der Waals surface area contributed by atoms with E-state index in [0.717, 1.165) is 24.5 Å². The molecule has 1 saturated carbocycles. The Morgan fingerprint density at radius 2 is 1.95 bits per heavy atom. The number of nitrogens with one attached hydrogen (secondary N) is 1. The van der Waals surface area contributed by atoms with Crippen LogP contribution in [0.4, 0.5) is 0 Å². The van der Waals surface area contributed by atoms with Gasteiger partial charge in [-0.25, -0.2) is 13.1 Å². The van der Waals surface area contributed by atoms with Crippen molar-refractivity contribution in [2.24, 2.45) is 5.92 Å². The lowest BCUT2D eigenvalue weighted by molar-refractivity contribution is 0.123. The minimum absolute atomic E-state index is 0.0385. The van der Waals surface area contributed by atoms with Gasteiger partial charge in [-0.1, -0.05) is 30.3 Å². The minimum Gasteiger partial charge on any atom is -0.381 e. The second kappa shape index (κ2) is 7.03. The van der Waals surface area contributed by atoms with E-state index >= 15 is 0 Å². The molecule has 0 unspecified atom stereocenters. The number of rotatable bonds is 9. The lowest BCUT2D eigenvalue weighted by Crippen LogP contribution is -2.27. The summed E-state index contributed by atoms with van der Waals surface area (Å²) in [4.78, 5) is 0. The van der Waals surface area contributed by atoms with Crippen molar-refractivity contribution in [2.75, 3.05) is 19.8 Å². The lowest BCUT2D eigenvalue weighted by Gasteiger charge is -2.07. The third kappa shape index (κ3) is 6.18. The van der Waals surface area contributed by atoms with Crippen LogP contribution in [-0.2, 0) is 20.5 Å². The zero-order chi connectivity index (χ0) is 13.6. The predicted octanol–water partition coefficient (Wildman–Crippen LogP) is 1.92. The van der Waals surface area contributed by atoms with E-state index in [1.165, 1.54) is 12.8 Å². The molecule has 1 aromatic rings. The van der Waals surface area contributed by atoms with Gasteiger partial charge in [0.25, 0.3) is 0 Å². The second-order valence-corrected chi connectivity index (χ2v) is 6.82. The molecule has 5 heteroatoms. The highest BCUT2D eigenvalue weighted by Gasteiger charge is 2.20. The Morgan fingerprint density at radius 3 is 2.63 bits per heavy atom.